The highest BCUT2D eigenvalue weighted by molar-refractivity contribution is 6.34. The molecule has 0 spiro atoms. The first-order chi connectivity index (χ1) is 10.6. The molecular formula is C19H20ClNO. The summed E-state index contributed by atoms with van der Waals surface area (Å²) in [6, 6.07) is 13.3. The smallest absolute Gasteiger partial charge is 0.257 e. The van der Waals surface area contributed by atoms with Crippen molar-refractivity contribution in [2.45, 2.75) is 32.6 Å². The molecule has 0 saturated heterocycles. The van der Waals surface area contributed by atoms with Gasteiger partial charge in [-0.25, -0.2) is 0 Å². The van der Waals surface area contributed by atoms with Crippen LogP contribution in [-0.4, -0.2) is 5.91 Å². The van der Waals surface area contributed by atoms with E-state index in [0.717, 1.165) is 18.5 Å². The molecule has 3 heteroatoms. The molecule has 2 nitrogen and oxygen atoms in total. The fraction of sp³-hybridized carbons (Fsp3) is 0.316. The van der Waals surface area contributed by atoms with Crippen LogP contribution in [0.25, 0.3) is 0 Å². The van der Waals surface area contributed by atoms with Crippen LogP contribution in [0.1, 0.15) is 47.7 Å². The van der Waals surface area contributed by atoms with Crippen molar-refractivity contribution in [1.82, 2.24) is 0 Å². The minimum atomic E-state index is -0.146. The highest BCUT2D eigenvalue weighted by Crippen LogP contribution is 2.41. The SMILES string of the molecule is CC(C)C1CCc2c(NC(=O)c3ccccc3Cl)cccc21. The fourth-order valence-electron chi connectivity index (χ4n) is 3.33. The third-order valence-electron chi connectivity index (χ3n) is 4.49. The minimum absolute atomic E-state index is 0.146. The fourth-order valence-corrected chi connectivity index (χ4v) is 3.55. The topological polar surface area (TPSA) is 29.1 Å². The van der Waals surface area contributed by atoms with E-state index in [1.165, 1.54) is 11.1 Å². The quantitative estimate of drug-likeness (QED) is 0.820. The normalized spacial score (nSPS) is 16.6. The molecule has 1 aliphatic rings. The number of anilines is 1. The molecule has 1 N–H and O–H groups in total. The summed E-state index contributed by atoms with van der Waals surface area (Å²) in [6.45, 7) is 4.52. The van der Waals surface area contributed by atoms with Gasteiger partial charge in [0.1, 0.15) is 0 Å². The first-order valence-corrected chi connectivity index (χ1v) is 8.13. The third kappa shape index (κ3) is 2.76. The van der Waals surface area contributed by atoms with Crippen molar-refractivity contribution in [2.75, 3.05) is 5.32 Å². The van der Waals surface area contributed by atoms with Gasteiger partial charge in [0.2, 0.25) is 0 Å². The first kappa shape index (κ1) is 15.1. The van der Waals surface area contributed by atoms with Crippen molar-refractivity contribution >= 4 is 23.2 Å². The Morgan fingerprint density at radius 1 is 1.18 bits per heavy atom. The van der Waals surface area contributed by atoms with Crippen LogP contribution in [0.4, 0.5) is 5.69 Å². The average Bonchev–Trinajstić information content (AvgIpc) is 2.93. The van der Waals surface area contributed by atoms with E-state index in [1.54, 1.807) is 12.1 Å². The lowest BCUT2D eigenvalue weighted by atomic mass is 9.90. The van der Waals surface area contributed by atoms with E-state index >= 15 is 0 Å². The molecule has 1 unspecified atom stereocenters. The van der Waals surface area contributed by atoms with Crippen molar-refractivity contribution in [1.29, 1.82) is 0 Å². The monoisotopic (exact) mass is 313 g/mol. The Bertz CT molecular complexity index is 708. The molecule has 0 heterocycles. The van der Waals surface area contributed by atoms with Gasteiger partial charge in [0, 0.05) is 5.69 Å². The van der Waals surface area contributed by atoms with E-state index in [0.29, 0.717) is 22.4 Å². The van der Waals surface area contributed by atoms with Crippen LogP contribution >= 0.6 is 11.6 Å². The van der Waals surface area contributed by atoms with Gasteiger partial charge >= 0.3 is 0 Å². The van der Waals surface area contributed by atoms with Crippen molar-refractivity contribution in [2.24, 2.45) is 5.92 Å². The van der Waals surface area contributed by atoms with Crippen LogP contribution in [0.5, 0.6) is 0 Å². The van der Waals surface area contributed by atoms with Gasteiger partial charge in [0.05, 0.1) is 10.6 Å². The van der Waals surface area contributed by atoms with Gasteiger partial charge in [0.25, 0.3) is 5.91 Å². The molecule has 2 aromatic rings. The van der Waals surface area contributed by atoms with E-state index < -0.39 is 0 Å². The number of carbonyl (C=O) groups excluding carboxylic acids is 1. The zero-order valence-corrected chi connectivity index (χ0v) is 13.7. The second-order valence-corrected chi connectivity index (χ2v) is 6.60. The highest BCUT2D eigenvalue weighted by Gasteiger charge is 2.27. The van der Waals surface area contributed by atoms with Crippen LogP contribution < -0.4 is 5.32 Å². The molecule has 0 bridgehead atoms. The van der Waals surface area contributed by atoms with Gasteiger partial charge in [-0.05, 0) is 54.0 Å². The number of amides is 1. The molecule has 1 atom stereocenters. The lowest BCUT2D eigenvalue weighted by molar-refractivity contribution is 0.102. The number of hydrogen-bond acceptors (Lipinski definition) is 1. The number of hydrogen-bond donors (Lipinski definition) is 1. The second kappa shape index (κ2) is 6.13. The molecule has 2 aromatic carbocycles. The summed E-state index contributed by atoms with van der Waals surface area (Å²) in [7, 11) is 0. The first-order valence-electron chi connectivity index (χ1n) is 7.75. The predicted octanol–water partition coefficient (Wildman–Crippen LogP) is 5.28. The molecular weight excluding hydrogens is 294 g/mol. The summed E-state index contributed by atoms with van der Waals surface area (Å²) in [5, 5.41) is 3.51. The van der Waals surface area contributed by atoms with Crippen LogP contribution in [0, 0.1) is 5.92 Å². The maximum absolute atomic E-state index is 12.5. The van der Waals surface area contributed by atoms with E-state index in [-0.39, 0.29) is 5.91 Å². The van der Waals surface area contributed by atoms with Crippen molar-refractivity contribution in [3.8, 4) is 0 Å². The van der Waals surface area contributed by atoms with Crippen LogP contribution in [0.3, 0.4) is 0 Å². The molecule has 0 aromatic heterocycles. The molecule has 1 amide bonds. The Hall–Kier alpha value is -1.80. The molecule has 0 aliphatic heterocycles. The summed E-state index contributed by atoms with van der Waals surface area (Å²) >= 11 is 6.11. The van der Waals surface area contributed by atoms with E-state index in [2.05, 4.69) is 25.2 Å². The zero-order chi connectivity index (χ0) is 15.7. The molecule has 1 aliphatic carbocycles. The molecule has 0 fully saturated rings. The Labute approximate surface area is 136 Å². The van der Waals surface area contributed by atoms with Gasteiger partial charge in [-0.3, -0.25) is 4.79 Å². The van der Waals surface area contributed by atoms with Gasteiger partial charge < -0.3 is 5.32 Å². The number of rotatable bonds is 3. The standard InChI is InChI=1S/C19H20ClNO/c1-12(2)13-10-11-15-14(13)7-5-9-18(15)21-19(22)16-6-3-4-8-17(16)20/h3-9,12-13H,10-11H2,1-2H3,(H,21,22). The Kier molecular flexibility index (Phi) is 4.21. The number of benzene rings is 2. The molecule has 22 heavy (non-hydrogen) atoms. The van der Waals surface area contributed by atoms with Crippen LogP contribution in [0.2, 0.25) is 5.02 Å². The second-order valence-electron chi connectivity index (χ2n) is 6.20. The Morgan fingerprint density at radius 2 is 1.95 bits per heavy atom. The van der Waals surface area contributed by atoms with Gasteiger partial charge in [0.15, 0.2) is 0 Å². The number of carbonyl (C=O) groups is 1. The molecule has 0 radical (unpaired) electrons. The van der Waals surface area contributed by atoms with Gasteiger partial charge in [-0.2, -0.15) is 0 Å². The summed E-state index contributed by atoms with van der Waals surface area (Å²) in [6.07, 6.45) is 2.18. The molecule has 0 saturated carbocycles. The van der Waals surface area contributed by atoms with Crippen molar-refractivity contribution < 1.29 is 4.79 Å². The number of halogens is 1. The highest BCUT2D eigenvalue weighted by atomic mass is 35.5. The Morgan fingerprint density at radius 3 is 2.68 bits per heavy atom. The molecule has 114 valence electrons. The van der Waals surface area contributed by atoms with Crippen LogP contribution in [0.15, 0.2) is 42.5 Å². The Balaban J connectivity index is 1.89. The number of fused-ring (bicyclic) bond motifs is 1. The third-order valence-corrected chi connectivity index (χ3v) is 4.82. The maximum Gasteiger partial charge on any atom is 0.257 e. The van der Waals surface area contributed by atoms with E-state index in [1.807, 2.05) is 24.3 Å². The minimum Gasteiger partial charge on any atom is -0.322 e. The van der Waals surface area contributed by atoms with Crippen molar-refractivity contribution in [3.05, 3.63) is 64.2 Å². The largest absolute Gasteiger partial charge is 0.322 e. The number of nitrogens with one attached hydrogen (secondary N) is 1. The lowest BCUT2D eigenvalue weighted by Gasteiger charge is -2.16. The van der Waals surface area contributed by atoms with E-state index in [4.69, 9.17) is 11.6 Å². The van der Waals surface area contributed by atoms with Gasteiger partial charge in [-0.1, -0.05) is 49.7 Å². The van der Waals surface area contributed by atoms with Crippen LogP contribution in [-0.2, 0) is 6.42 Å². The lowest BCUT2D eigenvalue weighted by Crippen LogP contribution is -2.14. The van der Waals surface area contributed by atoms with Crippen molar-refractivity contribution in [3.63, 3.8) is 0 Å². The summed E-state index contributed by atoms with van der Waals surface area (Å²) in [5.41, 5.74) is 4.10. The summed E-state index contributed by atoms with van der Waals surface area (Å²) in [5.74, 6) is 1.06. The maximum atomic E-state index is 12.5. The predicted molar refractivity (Wildman–Crippen MR) is 91.7 cm³/mol. The average molecular weight is 314 g/mol. The van der Waals surface area contributed by atoms with Gasteiger partial charge in [-0.15, -0.1) is 0 Å². The zero-order valence-electron chi connectivity index (χ0n) is 12.9. The molecule has 3 rings (SSSR count). The summed E-state index contributed by atoms with van der Waals surface area (Å²) < 4.78 is 0. The summed E-state index contributed by atoms with van der Waals surface area (Å²) in [4.78, 5) is 12.5. The van der Waals surface area contributed by atoms with E-state index in [9.17, 15) is 4.79 Å².